The molecule has 0 atom stereocenters. The third kappa shape index (κ3) is 2.62. The number of carbonyl (C=O) groups excluding carboxylic acids is 2. The maximum atomic E-state index is 11.9. The maximum Gasteiger partial charge on any atom is 0.275 e. The number of nitrogens with one attached hydrogen (secondary N) is 1. The molecular weight excluding hydrogens is 248 g/mol. The zero-order valence-corrected chi connectivity index (χ0v) is 10.9. The lowest BCUT2D eigenvalue weighted by Crippen LogP contribution is -2.13. The Kier molecular flexibility index (Phi) is 3.53. The Bertz CT molecular complexity index is 605. The van der Waals surface area contributed by atoms with Gasteiger partial charge in [-0.05, 0) is 26.0 Å². The fourth-order valence-corrected chi connectivity index (χ4v) is 2.10. The van der Waals surface area contributed by atoms with Gasteiger partial charge in [0.1, 0.15) is 5.69 Å². The molecule has 1 N–H and O–H groups in total. The van der Waals surface area contributed by atoms with Gasteiger partial charge in [0.15, 0.2) is 5.78 Å². The highest BCUT2D eigenvalue weighted by molar-refractivity contribution is 7.09. The van der Waals surface area contributed by atoms with Crippen molar-refractivity contribution in [1.82, 2.24) is 4.98 Å². The van der Waals surface area contributed by atoms with Gasteiger partial charge in [-0.25, -0.2) is 4.98 Å². The summed E-state index contributed by atoms with van der Waals surface area (Å²) in [5.74, 6) is -0.287. The maximum absolute atomic E-state index is 11.9. The Morgan fingerprint density at radius 2 is 2.11 bits per heavy atom. The van der Waals surface area contributed by atoms with Gasteiger partial charge in [0.05, 0.1) is 5.51 Å². The summed E-state index contributed by atoms with van der Waals surface area (Å²) in [6.07, 6.45) is 0. The fourth-order valence-electron chi connectivity index (χ4n) is 1.53. The van der Waals surface area contributed by atoms with E-state index in [-0.39, 0.29) is 11.7 Å². The first-order valence-corrected chi connectivity index (χ1v) is 6.28. The predicted octanol–water partition coefficient (Wildman–Crippen LogP) is 2.91. The number of nitrogens with zero attached hydrogens (tertiary/aromatic N) is 1. The summed E-state index contributed by atoms with van der Waals surface area (Å²) in [6, 6.07) is 6.85. The largest absolute Gasteiger partial charge is 0.321 e. The number of aromatic nitrogens is 1. The van der Waals surface area contributed by atoms with Crippen molar-refractivity contribution in [3.8, 4) is 0 Å². The van der Waals surface area contributed by atoms with Gasteiger partial charge in [-0.2, -0.15) is 0 Å². The fraction of sp³-hybridized carbons (Fsp3) is 0.154. The highest BCUT2D eigenvalue weighted by atomic mass is 32.1. The standard InChI is InChI=1S/C13H12N2O2S/c1-8(16)10-4-3-5-11(6-10)15-13(17)12-9(2)18-7-14-12/h3-7H,1-2H3,(H,15,17). The molecule has 1 aromatic heterocycles. The van der Waals surface area contributed by atoms with Crippen molar-refractivity contribution < 1.29 is 9.59 Å². The minimum absolute atomic E-state index is 0.0315. The van der Waals surface area contributed by atoms with Crippen LogP contribution in [0.1, 0.15) is 32.6 Å². The van der Waals surface area contributed by atoms with E-state index in [2.05, 4.69) is 10.3 Å². The summed E-state index contributed by atoms with van der Waals surface area (Å²) >= 11 is 1.43. The highest BCUT2D eigenvalue weighted by Crippen LogP contribution is 2.15. The number of amides is 1. The number of benzene rings is 1. The number of ketones is 1. The Labute approximate surface area is 109 Å². The first-order chi connectivity index (χ1) is 8.58. The molecule has 92 valence electrons. The Balaban J connectivity index is 2.20. The number of Topliss-reactive ketones (excluding diaryl/α,β-unsaturated/α-hetero) is 1. The van der Waals surface area contributed by atoms with Crippen LogP contribution in [0.25, 0.3) is 0 Å². The molecule has 5 heteroatoms. The zero-order valence-electron chi connectivity index (χ0n) is 10.1. The van der Waals surface area contributed by atoms with Crippen molar-refractivity contribution in [2.45, 2.75) is 13.8 Å². The SMILES string of the molecule is CC(=O)c1cccc(NC(=O)c2ncsc2C)c1. The summed E-state index contributed by atoms with van der Waals surface area (Å²) in [7, 11) is 0. The number of thiazole rings is 1. The minimum atomic E-state index is -0.255. The number of aryl methyl sites for hydroxylation is 1. The molecule has 18 heavy (non-hydrogen) atoms. The van der Waals surface area contributed by atoms with E-state index in [1.54, 1.807) is 29.8 Å². The van der Waals surface area contributed by atoms with E-state index in [9.17, 15) is 9.59 Å². The molecule has 0 saturated carbocycles. The van der Waals surface area contributed by atoms with E-state index >= 15 is 0 Å². The molecule has 0 aliphatic heterocycles. The van der Waals surface area contributed by atoms with Crippen molar-refractivity contribution in [1.29, 1.82) is 0 Å². The first kappa shape index (κ1) is 12.4. The van der Waals surface area contributed by atoms with Crippen molar-refractivity contribution >= 4 is 28.7 Å². The van der Waals surface area contributed by atoms with E-state index in [1.165, 1.54) is 18.3 Å². The lowest BCUT2D eigenvalue weighted by Gasteiger charge is -2.05. The van der Waals surface area contributed by atoms with E-state index in [0.717, 1.165) is 4.88 Å². The average Bonchev–Trinajstić information content (AvgIpc) is 2.76. The first-order valence-electron chi connectivity index (χ1n) is 5.40. The van der Waals surface area contributed by atoms with Crippen LogP contribution in [-0.4, -0.2) is 16.7 Å². The predicted molar refractivity (Wildman–Crippen MR) is 71.3 cm³/mol. The molecule has 0 radical (unpaired) electrons. The molecule has 0 aliphatic carbocycles. The number of anilines is 1. The second kappa shape index (κ2) is 5.10. The Morgan fingerprint density at radius 1 is 1.33 bits per heavy atom. The van der Waals surface area contributed by atoms with Crippen molar-refractivity contribution in [3.63, 3.8) is 0 Å². The summed E-state index contributed by atoms with van der Waals surface area (Å²) in [4.78, 5) is 28.0. The normalized spacial score (nSPS) is 10.1. The lowest BCUT2D eigenvalue weighted by molar-refractivity contribution is 0.100. The van der Waals surface area contributed by atoms with Gasteiger partial charge in [0.25, 0.3) is 5.91 Å². The summed E-state index contributed by atoms with van der Waals surface area (Å²) in [5, 5.41) is 2.73. The highest BCUT2D eigenvalue weighted by Gasteiger charge is 2.12. The Morgan fingerprint density at radius 3 is 2.72 bits per heavy atom. The molecule has 1 amide bonds. The van der Waals surface area contributed by atoms with Gasteiger partial charge in [0, 0.05) is 16.1 Å². The number of hydrogen-bond acceptors (Lipinski definition) is 4. The van der Waals surface area contributed by atoms with Gasteiger partial charge >= 0.3 is 0 Å². The van der Waals surface area contributed by atoms with Crippen molar-refractivity contribution in [3.05, 3.63) is 45.9 Å². The number of rotatable bonds is 3. The van der Waals surface area contributed by atoms with Crippen molar-refractivity contribution in [2.75, 3.05) is 5.32 Å². The van der Waals surface area contributed by atoms with Crippen LogP contribution >= 0.6 is 11.3 Å². The molecule has 0 fully saturated rings. The van der Waals surface area contributed by atoms with Crippen LogP contribution in [0.4, 0.5) is 5.69 Å². The number of hydrogen-bond donors (Lipinski definition) is 1. The third-order valence-corrected chi connectivity index (χ3v) is 3.24. The summed E-state index contributed by atoms with van der Waals surface area (Å²) < 4.78 is 0. The molecule has 0 spiro atoms. The van der Waals surface area contributed by atoms with Crippen LogP contribution in [0.15, 0.2) is 29.8 Å². The average molecular weight is 260 g/mol. The molecule has 0 aliphatic rings. The second-order valence-corrected chi connectivity index (χ2v) is 4.91. The van der Waals surface area contributed by atoms with E-state index in [4.69, 9.17) is 0 Å². The van der Waals surface area contributed by atoms with Crippen LogP contribution in [-0.2, 0) is 0 Å². The molecule has 4 nitrogen and oxygen atoms in total. The molecule has 0 saturated heterocycles. The minimum Gasteiger partial charge on any atom is -0.321 e. The van der Waals surface area contributed by atoms with E-state index in [1.807, 2.05) is 6.92 Å². The third-order valence-electron chi connectivity index (χ3n) is 2.49. The van der Waals surface area contributed by atoms with Gasteiger partial charge in [-0.3, -0.25) is 9.59 Å². The van der Waals surface area contributed by atoms with Crippen LogP contribution < -0.4 is 5.32 Å². The van der Waals surface area contributed by atoms with Gasteiger partial charge in [0.2, 0.25) is 0 Å². The molecule has 2 aromatic rings. The lowest BCUT2D eigenvalue weighted by atomic mass is 10.1. The topological polar surface area (TPSA) is 59.1 Å². The molecule has 0 unspecified atom stereocenters. The molecule has 2 rings (SSSR count). The van der Waals surface area contributed by atoms with Crippen LogP contribution in [0.5, 0.6) is 0 Å². The zero-order chi connectivity index (χ0) is 13.1. The summed E-state index contributed by atoms with van der Waals surface area (Å²) in [6.45, 7) is 3.34. The van der Waals surface area contributed by atoms with Gasteiger partial charge < -0.3 is 5.32 Å². The molecule has 1 aromatic carbocycles. The van der Waals surface area contributed by atoms with Gasteiger partial charge in [-0.1, -0.05) is 12.1 Å². The molecular formula is C13H12N2O2S. The molecule has 0 bridgehead atoms. The quantitative estimate of drug-likeness (QED) is 0.863. The number of carbonyl (C=O) groups is 2. The molecule has 1 heterocycles. The van der Waals surface area contributed by atoms with Crippen LogP contribution in [0.2, 0.25) is 0 Å². The van der Waals surface area contributed by atoms with Crippen molar-refractivity contribution in [2.24, 2.45) is 0 Å². The van der Waals surface area contributed by atoms with Crippen LogP contribution in [0, 0.1) is 6.92 Å². The monoisotopic (exact) mass is 260 g/mol. The van der Waals surface area contributed by atoms with Crippen LogP contribution in [0.3, 0.4) is 0 Å². The van der Waals surface area contributed by atoms with E-state index < -0.39 is 0 Å². The van der Waals surface area contributed by atoms with E-state index in [0.29, 0.717) is 16.9 Å². The summed E-state index contributed by atoms with van der Waals surface area (Å²) in [5.41, 5.74) is 3.23. The van der Waals surface area contributed by atoms with Gasteiger partial charge in [-0.15, -0.1) is 11.3 Å². The second-order valence-electron chi connectivity index (χ2n) is 3.85. The Hall–Kier alpha value is -2.01. The smallest absolute Gasteiger partial charge is 0.275 e.